The fourth-order valence-corrected chi connectivity index (χ4v) is 3.62. The van der Waals surface area contributed by atoms with Gasteiger partial charge in [-0.2, -0.15) is 0 Å². The number of aryl methyl sites for hydroxylation is 2. The number of piperazine rings is 1. The van der Waals surface area contributed by atoms with E-state index in [1.54, 1.807) is 12.4 Å². The summed E-state index contributed by atoms with van der Waals surface area (Å²) in [7, 11) is 0. The van der Waals surface area contributed by atoms with Crippen LogP contribution in [0.15, 0.2) is 60.9 Å². The van der Waals surface area contributed by atoms with Gasteiger partial charge in [-0.3, -0.25) is 9.78 Å². The Kier molecular flexibility index (Phi) is 5.42. The predicted molar refractivity (Wildman–Crippen MR) is 116 cm³/mol. The second kappa shape index (κ2) is 8.31. The zero-order valence-electron chi connectivity index (χ0n) is 16.8. The molecule has 148 valence electrons. The maximum atomic E-state index is 13.0. The number of hydrogen-bond acceptors (Lipinski definition) is 5. The van der Waals surface area contributed by atoms with Gasteiger partial charge >= 0.3 is 0 Å². The van der Waals surface area contributed by atoms with Gasteiger partial charge in [-0.25, -0.2) is 4.98 Å². The van der Waals surface area contributed by atoms with Crippen molar-refractivity contribution in [3.8, 4) is 0 Å². The van der Waals surface area contributed by atoms with Crippen LogP contribution < -0.4 is 10.2 Å². The van der Waals surface area contributed by atoms with Crippen molar-refractivity contribution < 1.29 is 4.79 Å². The number of pyridine rings is 2. The highest BCUT2D eigenvalue weighted by atomic mass is 16.2. The minimum Gasteiger partial charge on any atom is -0.355 e. The van der Waals surface area contributed by atoms with Gasteiger partial charge in [0.15, 0.2) is 0 Å². The molecule has 1 fully saturated rings. The third kappa shape index (κ3) is 4.21. The molecule has 4 rings (SSSR count). The van der Waals surface area contributed by atoms with Crippen LogP contribution in [0.25, 0.3) is 0 Å². The summed E-state index contributed by atoms with van der Waals surface area (Å²) in [6, 6.07) is 15.8. The molecular weight excluding hydrogens is 362 g/mol. The third-order valence-corrected chi connectivity index (χ3v) is 5.27. The van der Waals surface area contributed by atoms with Gasteiger partial charge in [-0.1, -0.05) is 24.3 Å². The van der Waals surface area contributed by atoms with Crippen molar-refractivity contribution in [2.45, 2.75) is 13.8 Å². The average Bonchev–Trinajstić information content (AvgIpc) is 2.77. The largest absolute Gasteiger partial charge is 0.355 e. The molecule has 0 bridgehead atoms. The summed E-state index contributed by atoms with van der Waals surface area (Å²) in [5.41, 5.74) is 4.74. The first kappa shape index (κ1) is 18.9. The van der Waals surface area contributed by atoms with Gasteiger partial charge in [0.05, 0.1) is 0 Å². The molecule has 0 atom stereocenters. The highest BCUT2D eigenvalue weighted by Gasteiger charge is 2.23. The number of aromatic nitrogens is 2. The van der Waals surface area contributed by atoms with Gasteiger partial charge in [0.2, 0.25) is 0 Å². The number of rotatable bonds is 4. The van der Waals surface area contributed by atoms with E-state index in [0.717, 1.165) is 30.3 Å². The second-order valence-corrected chi connectivity index (χ2v) is 7.29. The lowest BCUT2D eigenvalue weighted by molar-refractivity contribution is 0.0740. The van der Waals surface area contributed by atoms with Crippen LogP contribution in [0.2, 0.25) is 0 Å². The van der Waals surface area contributed by atoms with Crippen molar-refractivity contribution in [1.29, 1.82) is 0 Å². The summed E-state index contributed by atoms with van der Waals surface area (Å²) >= 11 is 0. The molecule has 1 aliphatic rings. The van der Waals surface area contributed by atoms with Gasteiger partial charge < -0.3 is 15.1 Å². The third-order valence-electron chi connectivity index (χ3n) is 5.27. The lowest BCUT2D eigenvalue weighted by Crippen LogP contribution is -2.49. The van der Waals surface area contributed by atoms with Crippen molar-refractivity contribution in [3.63, 3.8) is 0 Å². The van der Waals surface area contributed by atoms with E-state index in [1.165, 1.54) is 11.1 Å². The molecule has 0 spiro atoms. The van der Waals surface area contributed by atoms with Crippen LogP contribution in [0.5, 0.6) is 0 Å². The Morgan fingerprint density at radius 2 is 1.66 bits per heavy atom. The number of nitrogens with zero attached hydrogens (tertiary/aromatic N) is 4. The number of benzene rings is 1. The van der Waals surface area contributed by atoms with Crippen molar-refractivity contribution in [2.24, 2.45) is 0 Å². The number of carbonyl (C=O) groups is 1. The fourth-order valence-electron chi connectivity index (χ4n) is 3.62. The first-order valence-corrected chi connectivity index (χ1v) is 9.86. The van der Waals surface area contributed by atoms with Crippen molar-refractivity contribution in [2.75, 3.05) is 36.4 Å². The van der Waals surface area contributed by atoms with Crippen LogP contribution in [0, 0.1) is 13.8 Å². The predicted octanol–water partition coefficient (Wildman–Crippen LogP) is 3.80. The Bertz CT molecular complexity index is 977. The van der Waals surface area contributed by atoms with Gasteiger partial charge in [-0.15, -0.1) is 0 Å². The van der Waals surface area contributed by atoms with E-state index in [2.05, 4.69) is 46.2 Å². The van der Waals surface area contributed by atoms with Gasteiger partial charge in [0.1, 0.15) is 11.5 Å². The molecule has 1 saturated heterocycles. The number of hydrogen-bond donors (Lipinski definition) is 1. The van der Waals surface area contributed by atoms with Crippen LogP contribution >= 0.6 is 0 Å². The molecule has 6 nitrogen and oxygen atoms in total. The number of anilines is 3. The molecule has 0 saturated carbocycles. The lowest BCUT2D eigenvalue weighted by Gasteiger charge is -2.35. The van der Waals surface area contributed by atoms with E-state index in [9.17, 15) is 4.79 Å². The van der Waals surface area contributed by atoms with Crippen molar-refractivity contribution in [1.82, 2.24) is 14.9 Å². The van der Waals surface area contributed by atoms with Crippen LogP contribution in [-0.4, -0.2) is 47.0 Å². The topological polar surface area (TPSA) is 61.4 Å². The Balaban J connectivity index is 1.44. The van der Waals surface area contributed by atoms with E-state index in [-0.39, 0.29) is 5.91 Å². The lowest BCUT2D eigenvalue weighted by atomic mass is 10.1. The summed E-state index contributed by atoms with van der Waals surface area (Å²) in [6.07, 6.45) is 3.48. The maximum absolute atomic E-state index is 13.0. The highest BCUT2D eigenvalue weighted by Crippen LogP contribution is 2.24. The average molecular weight is 387 g/mol. The monoisotopic (exact) mass is 387 g/mol. The molecule has 0 unspecified atom stereocenters. The summed E-state index contributed by atoms with van der Waals surface area (Å²) in [6.45, 7) is 7.00. The summed E-state index contributed by atoms with van der Waals surface area (Å²) in [4.78, 5) is 25.8. The molecule has 1 amide bonds. The van der Waals surface area contributed by atoms with Crippen molar-refractivity contribution >= 4 is 23.1 Å². The van der Waals surface area contributed by atoms with E-state index in [0.29, 0.717) is 18.8 Å². The van der Waals surface area contributed by atoms with Crippen molar-refractivity contribution in [3.05, 3.63) is 77.7 Å². The van der Waals surface area contributed by atoms with E-state index in [1.807, 2.05) is 41.3 Å². The fraction of sp³-hybridized carbons (Fsp3) is 0.261. The van der Waals surface area contributed by atoms with E-state index in [4.69, 9.17) is 0 Å². The minimum absolute atomic E-state index is 0.0316. The van der Waals surface area contributed by atoms with E-state index < -0.39 is 0 Å². The second-order valence-electron chi connectivity index (χ2n) is 7.29. The first-order valence-electron chi connectivity index (χ1n) is 9.86. The molecule has 3 heterocycles. The zero-order chi connectivity index (χ0) is 20.2. The Labute approximate surface area is 171 Å². The molecule has 1 N–H and O–H groups in total. The normalized spacial score (nSPS) is 14.0. The summed E-state index contributed by atoms with van der Waals surface area (Å²) < 4.78 is 0. The van der Waals surface area contributed by atoms with Gasteiger partial charge in [0, 0.05) is 49.9 Å². The maximum Gasteiger partial charge on any atom is 0.272 e. The first-order chi connectivity index (χ1) is 14.1. The molecule has 3 aromatic rings. The number of amides is 1. The molecule has 29 heavy (non-hydrogen) atoms. The minimum atomic E-state index is -0.0316. The molecule has 1 aliphatic heterocycles. The quantitative estimate of drug-likeness (QED) is 0.738. The SMILES string of the molecule is Cc1cccc(C)c1Nc1ccnc(C(=O)N2CCN(c3ccccn3)CC2)c1. The highest BCUT2D eigenvalue weighted by molar-refractivity contribution is 5.93. The smallest absolute Gasteiger partial charge is 0.272 e. The number of carbonyl (C=O) groups excluding carboxylic acids is 1. The molecule has 1 aromatic carbocycles. The summed E-state index contributed by atoms with van der Waals surface area (Å²) in [5.74, 6) is 0.924. The van der Waals surface area contributed by atoms with Crippen LogP contribution in [0.3, 0.4) is 0 Å². The Morgan fingerprint density at radius 3 is 2.34 bits per heavy atom. The molecular formula is C23H25N5O. The number of nitrogens with one attached hydrogen (secondary N) is 1. The van der Waals surface area contributed by atoms with E-state index >= 15 is 0 Å². The molecule has 0 radical (unpaired) electrons. The molecule has 2 aromatic heterocycles. The van der Waals surface area contributed by atoms with Crippen LogP contribution in [0.4, 0.5) is 17.2 Å². The van der Waals surface area contributed by atoms with Gasteiger partial charge in [-0.05, 0) is 49.2 Å². The van der Waals surface area contributed by atoms with Crippen LogP contribution in [0.1, 0.15) is 21.6 Å². The standard InChI is InChI=1S/C23H25N5O/c1-17-6-5-7-18(2)22(17)26-19-9-11-24-20(16-19)23(29)28-14-12-27(13-15-28)21-8-3-4-10-25-21/h3-11,16H,12-15H2,1-2H3,(H,24,26). The number of para-hydroxylation sites is 1. The van der Waals surface area contributed by atoms with Gasteiger partial charge in [0.25, 0.3) is 5.91 Å². The Morgan fingerprint density at radius 1 is 0.897 bits per heavy atom. The molecule has 0 aliphatic carbocycles. The zero-order valence-corrected chi connectivity index (χ0v) is 16.8. The summed E-state index contributed by atoms with van der Waals surface area (Å²) in [5, 5.41) is 3.44. The molecule has 6 heteroatoms. The Hall–Kier alpha value is -3.41. The van der Waals surface area contributed by atoms with Crippen LogP contribution in [-0.2, 0) is 0 Å².